The van der Waals surface area contributed by atoms with Crippen molar-refractivity contribution in [3.63, 3.8) is 0 Å². The van der Waals surface area contributed by atoms with Gasteiger partial charge in [-0.25, -0.2) is 18.2 Å². The molecular formula is C25H19F3N2O6S. The summed E-state index contributed by atoms with van der Waals surface area (Å²) in [5.74, 6) is -0.641. The molecule has 4 rings (SSSR count). The van der Waals surface area contributed by atoms with E-state index in [-0.39, 0.29) is 11.5 Å². The highest BCUT2D eigenvalue weighted by molar-refractivity contribution is 7.92. The van der Waals surface area contributed by atoms with Gasteiger partial charge in [-0.2, -0.15) is 13.2 Å². The van der Waals surface area contributed by atoms with Crippen molar-refractivity contribution in [2.24, 2.45) is 0 Å². The lowest BCUT2D eigenvalue weighted by Gasteiger charge is -2.15. The van der Waals surface area contributed by atoms with E-state index in [4.69, 9.17) is 9.15 Å². The highest BCUT2D eigenvalue weighted by Gasteiger charge is 2.37. The number of aromatic carboxylic acids is 1. The number of sulfonamides is 1. The largest absolute Gasteiger partial charge is 0.487 e. The fourth-order valence-corrected chi connectivity index (χ4v) is 4.51. The molecule has 0 saturated heterocycles. The van der Waals surface area contributed by atoms with Gasteiger partial charge in [-0.15, -0.1) is 0 Å². The van der Waals surface area contributed by atoms with Crippen molar-refractivity contribution < 1.29 is 40.6 Å². The number of oxazole rings is 1. The Kier molecular flexibility index (Phi) is 6.94. The number of anilines is 1. The van der Waals surface area contributed by atoms with Crippen molar-refractivity contribution >= 4 is 21.7 Å². The Morgan fingerprint density at radius 1 is 1.03 bits per heavy atom. The molecule has 1 aromatic heterocycles. The fourth-order valence-electron chi connectivity index (χ4n) is 3.44. The molecule has 0 fully saturated rings. The maximum atomic E-state index is 13.2. The number of nitrogens with one attached hydrogen (secondary N) is 1. The number of carbonyl (C=O) groups is 1. The van der Waals surface area contributed by atoms with Crippen molar-refractivity contribution in [3.05, 3.63) is 95.4 Å². The molecule has 3 aromatic carbocycles. The van der Waals surface area contributed by atoms with Crippen LogP contribution in [0, 0.1) is 6.92 Å². The average Bonchev–Trinajstić information content (AvgIpc) is 3.23. The summed E-state index contributed by atoms with van der Waals surface area (Å²) in [5, 5.41) is 9.29. The topological polar surface area (TPSA) is 119 Å². The number of carboxylic acids is 1. The first-order valence-electron chi connectivity index (χ1n) is 10.7. The van der Waals surface area contributed by atoms with Gasteiger partial charge in [0.2, 0.25) is 5.89 Å². The summed E-state index contributed by atoms with van der Waals surface area (Å²) < 4.78 is 78.5. The van der Waals surface area contributed by atoms with Crippen LogP contribution in [-0.2, 0) is 22.8 Å². The van der Waals surface area contributed by atoms with Crippen LogP contribution in [-0.4, -0.2) is 24.5 Å². The SMILES string of the molecule is Cc1oc(-c2ccccc2)nc1COc1ccc(S(=O)(=O)Nc2cccc(C(F)(F)F)c2C(=O)O)cc1. The first kappa shape index (κ1) is 25.8. The Balaban J connectivity index is 1.49. The number of halogens is 3. The molecule has 0 aliphatic heterocycles. The van der Waals surface area contributed by atoms with E-state index < -0.39 is 39.0 Å². The van der Waals surface area contributed by atoms with Gasteiger partial charge in [0.15, 0.2) is 0 Å². The maximum Gasteiger partial charge on any atom is 0.417 e. The zero-order chi connectivity index (χ0) is 26.8. The highest BCUT2D eigenvalue weighted by atomic mass is 32.2. The summed E-state index contributed by atoms with van der Waals surface area (Å²) in [6.45, 7) is 1.78. The number of carboxylic acid groups (broad SMARTS) is 1. The molecule has 0 saturated carbocycles. The van der Waals surface area contributed by atoms with Gasteiger partial charge in [0.25, 0.3) is 10.0 Å². The van der Waals surface area contributed by atoms with Crippen LogP contribution in [0.25, 0.3) is 11.5 Å². The van der Waals surface area contributed by atoms with E-state index >= 15 is 0 Å². The van der Waals surface area contributed by atoms with Gasteiger partial charge < -0.3 is 14.3 Å². The van der Waals surface area contributed by atoms with E-state index in [1.807, 2.05) is 35.1 Å². The van der Waals surface area contributed by atoms with Gasteiger partial charge >= 0.3 is 12.1 Å². The minimum Gasteiger partial charge on any atom is -0.487 e. The lowest BCUT2D eigenvalue weighted by atomic mass is 10.1. The Morgan fingerprint density at radius 3 is 2.32 bits per heavy atom. The Morgan fingerprint density at radius 2 is 1.70 bits per heavy atom. The van der Waals surface area contributed by atoms with Crippen molar-refractivity contribution in [2.45, 2.75) is 24.6 Å². The van der Waals surface area contributed by atoms with Crippen LogP contribution < -0.4 is 9.46 Å². The second kappa shape index (κ2) is 9.97. The Bertz CT molecular complexity index is 1530. The van der Waals surface area contributed by atoms with Gasteiger partial charge in [-0.3, -0.25) is 4.72 Å². The number of hydrogen-bond donors (Lipinski definition) is 2. The predicted octanol–water partition coefficient (Wildman–Crippen LogP) is 5.75. The van der Waals surface area contributed by atoms with E-state index in [2.05, 4.69) is 4.98 Å². The number of hydrogen-bond acceptors (Lipinski definition) is 6. The monoisotopic (exact) mass is 532 g/mol. The quantitative estimate of drug-likeness (QED) is 0.297. The summed E-state index contributed by atoms with van der Waals surface area (Å²) >= 11 is 0. The van der Waals surface area contributed by atoms with Crippen LogP contribution in [0.15, 0.2) is 82.1 Å². The molecule has 0 amide bonds. The van der Waals surface area contributed by atoms with Crippen molar-refractivity contribution in [1.29, 1.82) is 0 Å². The normalized spacial score (nSPS) is 11.8. The molecule has 0 bridgehead atoms. The summed E-state index contributed by atoms with van der Waals surface area (Å²) in [6, 6.07) is 16.8. The molecule has 12 heteroatoms. The van der Waals surface area contributed by atoms with Crippen LogP contribution in [0.5, 0.6) is 5.75 Å². The maximum absolute atomic E-state index is 13.2. The molecule has 4 aromatic rings. The molecule has 0 atom stereocenters. The smallest absolute Gasteiger partial charge is 0.417 e. The third-order valence-electron chi connectivity index (χ3n) is 5.25. The van der Waals surface area contributed by atoms with Gasteiger partial charge in [0.1, 0.15) is 23.8 Å². The molecule has 2 N–H and O–H groups in total. The van der Waals surface area contributed by atoms with E-state index in [0.717, 1.165) is 17.7 Å². The van der Waals surface area contributed by atoms with Crippen LogP contribution >= 0.6 is 0 Å². The standard InChI is InChI=1S/C25H19F3N2O6S/c1-15-21(29-23(36-15)16-6-3-2-4-7-16)14-35-17-10-12-18(13-11-17)37(33,34)30-20-9-5-8-19(25(26,27)28)22(20)24(31)32/h2-13,30H,14H2,1H3,(H,31,32). The molecule has 8 nitrogen and oxygen atoms in total. The number of benzene rings is 3. The van der Waals surface area contributed by atoms with Crippen molar-refractivity contribution in [1.82, 2.24) is 4.98 Å². The minimum atomic E-state index is -4.99. The summed E-state index contributed by atoms with van der Waals surface area (Å²) in [6.07, 6.45) is -4.99. The second-order valence-electron chi connectivity index (χ2n) is 7.78. The average molecular weight is 532 g/mol. The number of aromatic nitrogens is 1. The molecule has 37 heavy (non-hydrogen) atoms. The third-order valence-corrected chi connectivity index (χ3v) is 6.63. The number of rotatable bonds is 8. The minimum absolute atomic E-state index is 0.0404. The molecule has 0 spiro atoms. The third kappa shape index (κ3) is 5.75. The van der Waals surface area contributed by atoms with Gasteiger partial charge in [-0.05, 0) is 55.5 Å². The number of ether oxygens (including phenoxy) is 1. The Labute approximate surface area is 209 Å². The molecular weight excluding hydrogens is 513 g/mol. The molecule has 0 aliphatic rings. The molecule has 0 unspecified atom stereocenters. The highest BCUT2D eigenvalue weighted by Crippen LogP contribution is 2.36. The van der Waals surface area contributed by atoms with Crippen molar-refractivity contribution in [2.75, 3.05) is 4.72 Å². The van der Waals surface area contributed by atoms with Crippen LogP contribution in [0.1, 0.15) is 27.4 Å². The summed E-state index contributed by atoms with van der Waals surface area (Å²) in [7, 11) is -4.41. The lowest BCUT2D eigenvalue weighted by Crippen LogP contribution is -2.19. The molecule has 0 radical (unpaired) electrons. The van der Waals surface area contributed by atoms with Crippen LogP contribution in [0.3, 0.4) is 0 Å². The number of alkyl halides is 3. The lowest BCUT2D eigenvalue weighted by molar-refractivity contribution is -0.138. The Hall–Kier alpha value is -4.32. The van der Waals surface area contributed by atoms with E-state index in [1.54, 1.807) is 6.92 Å². The van der Waals surface area contributed by atoms with E-state index in [9.17, 15) is 31.5 Å². The van der Waals surface area contributed by atoms with Gasteiger partial charge in [0, 0.05) is 5.56 Å². The second-order valence-corrected chi connectivity index (χ2v) is 9.47. The predicted molar refractivity (Wildman–Crippen MR) is 127 cm³/mol. The molecule has 192 valence electrons. The van der Waals surface area contributed by atoms with Crippen molar-refractivity contribution in [3.8, 4) is 17.2 Å². The zero-order valence-corrected chi connectivity index (χ0v) is 19.9. The van der Waals surface area contributed by atoms with E-state index in [1.165, 1.54) is 24.3 Å². The molecule has 0 aliphatic carbocycles. The number of nitrogens with zero attached hydrogens (tertiary/aromatic N) is 1. The van der Waals surface area contributed by atoms with Crippen LogP contribution in [0.2, 0.25) is 0 Å². The van der Waals surface area contributed by atoms with Gasteiger partial charge in [-0.1, -0.05) is 24.3 Å². The first-order valence-corrected chi connectivity index (χ1v) is 12.1. The summed E-state index contributed by atoms with van der Waals surface area (Å²) in [5.41, 5.74) is -2.04. The van der Waals surface area contributed by atoms with Crippen LogP contribution in [0.4, 0.5) is 18.9 Å². The fraction of sp³-hybridized carbons (Fsp3) is 0.120. The summed E-state index contributed by atoms with van der Waals surface area (Å²) in [4.78, 5) is 15.6. The zero-order valence-electron chi connectivity index (χ0n) is 19.1. The molecule has 1 heterocycles. The first-order chi connectivity index (χ1) is 17.5. The number of aryl methyl sites for hydroxylation is 1. The van der Waals surface area contributed by atoms with Gasteiger partial charge in [0.05, 0.1) is 21.7 Å². The van der Waals surface area contributed by atoms with E-state index in [0.29, 0.717) is 29.2 Å².